The fourth-order valence-corrected chi connectivity index (χ4v) is 1.48. The third-order valence-electron chi connectivity index (χ3n) is 1.45. The third kappa shape index (κ3) is 1.73. The average molecular weight is 201 g/mol. The van der Waals surface area contributed by atoms with Crippen LogP contribution in [0.3, 0.4) is 0 Å². The van der Waals surface area contributed by atoms with E-state index in [1.54, 1.807) is 4.68 Å². The zero-order valence-electron chi connectivity index (χ0n) is 7.13. The van der Waals surface area contributed by atoms with Gasteiger partial charge in [-0.15, -0.1) is 0 Å². The van der Waals surface area contributed by atoms with E-state index in [4.69, 9.17) is 24.4 Å². The number of nitrogens with one attached hydrogen (secondary N) is 1. The highest BCUT2D eigenvalue weighted by atomic mass is 32.1. The number of hydrogen-bond donors (Lipinski definition) is 1. The topological polar surface area (TPSA) is 25.6 Å². The number of H-pyrrole nitrogens is 1. The van der Waals surface area contributed by atoms with Crippen LogP contribution in [0, 0.1) is 9.54 Å². The van der Waals surface area contributed by atoms with E-state index in [1.165, 1.54) is 0 Å². The second-order valence-electron chi connectivity index (χ2n) is 2.80. The Labute approximate surface area is 81.3 Å². The summed E-state index contributed by atoms with van der Waals surface area (Å²) in [7, 11) is 1.84. The molecule has 0 unspecified atom stereocenters. The van der Waals surface area contributed by atoms with Gasteiger partial charge in [-0.3, -0.25) is 14.3 Å². The van der Waals surface area contributed by atoms with Gasteiger partial charge in [0, 0.05) is 13.6 Å². The molecule has 0 aromatic carbocycles. The van der Waals surface area contributed by atoms with Crippen molar-refractivity contribution in [3.05, 3.63) is 21.7 Å². The lowest BCUT2D eigenvalue weighted by atomic mass is 10.3. The predicted octanol–water partition coefficient (Wildman–Crippen LogP) is 2.19. The average Bonchev–Trinajstić information content (AvgIpc) is 2.16. The van der Waals surface area contributed by atoms with Crippen molar-refractivity contribution >= 4 is 24.4 Å². The minimum absolute atomic E-state index is 0.644. The summed E-state index contributed by atoms with van der Waals surface area (Å²) < 4.78 is 4.90. The monoisotopic (exact) mass is 201 g/mol. The van der Waals surface area contributed by atoms with E-state index >= 15 is 0 Å². The van der Waals surface area contributed by atoms with Crippen LogP contribution in [-0.2, 0) is 13.6 Å². The summed E-state index contributed by atoms with van der Waals surface area (Å²) in [4.78, 5) is 0. The second-order valence-corrected chi connectivity index (χ2v) is 3.55. The minimum atomic E-state index is 0.644. The predicted molar refractivity (Wildman–Crippen MR) is 54.2 cm³/mol. The van der Waals surface area contributed by atoms with Crippen LogP contribution in [0.15, 0.2) is 12.2 Å². The van der Waals surface area contributed by atoms with E-state index in [1.807, 2.05) is 18.5 Å². The smallest absolute Gasteiger partial charge is 0.196 e. The zero-order valence-corrected chi connectivity index (χ0v) is 8.76. The Balaban J connectivity index is 3.24. The molecule has 0 fully saturated rings. The molecule has 0 amide bonds. The highest BCUT2D eigenvalue weighted by molar-refractivity contribution is 7.72. The molecular formula is C7H11N3S2. The summed E-state index contributed by atoms with van der Waals surface area (Å²) in [6.07, 6.45) is 0. The van der Waals surface area contributed by atoms with Crippen molar-refractivity contribution in [1.82, 2.24) is 14.3 Å². The van der Waals surface area contributed by atoms with E-state index in [9.17, 15) is 0 Å². The van der Waals surface area contributed by atoms with Gasteiger partial charge >= 0.3 is 0 Å². The highest BCUT2D eigenvalue weighted by Gasteiger charge is 1.98. The molecule has 1 heterocycles. The van der Waals surface area contributed by atoms with Crippen LogP contribution in [0.4, 0.5) is 0 Å². The van der Waals surface area contributed by atoms with Crippen molar-refractivity contribution < 1.29 is 0 Å². The number of allylic oxidation sites excluding steroid dienone is 1. The molecule has 5 heteroatoms. The third-order valence-corrected chi connectivity index (χ3v) is 2.26. The SMILES string of the molecule is C=C(C)Cn1c(=S)[nH]n(C)c1=S. The first-order valence-corrected chi connectivity index (χ1v) is 4.34. The van der Waals surface area contributed by atoms with E-state index in [2.05, 4.69) is 11.7 Å². The summed E-state index contributed by atoms with van der Waals surface area (Å²) in [5.74, 6) is 0. The summed E-state index contributed by atoms with van der Waals surface area (Å²) >= 11 is 10.2. The molecule has 1 N–H and O–H groups in total. The molecule has 3 nitrogen and oxygen atoms in total. The van der Waals surface area contributed by atoms with E-state index in [0.29, 0.717) is 16.1 Å². The van der Waals surface area contributed by atoms with Gasteiger partial charge in [-0.2, -0.15) is 0 Å². The Kier molecular flexibility index (Phi) is 2.64. The van der Waals surface area contributed by atoms with Crippen molar-refractivity contribution in [3.8, 4) is 0 Å². The highest BCUT2D eigenvalue weighted by Crippen LogP contribution is 1.99. The maximum Gasteiger partial charge on any atom is 0.196 e. The van der Waals surface area contributed by atoms with Crippen LogP contribution >= 0.6 is 24.4 Å². The summed E-state index contributed by atoms with van der Waals surface area (Å²) in [5.41, 5.74) is 1.04. The first-order valence-electron chi connectivity index (χ1n) is 3.52. The molecule has 0 bridgehead atoms. The van der Waals surface area contributed by atoms with Gasteiger partial charge in [0.25, 0.3) is 0 Å². The number of nitrogens with zero attached hydrogens (tertiary/aromatic N) is 2. The number of aromatic nitrogens is 3. The van der Waals surface area contributed by atoms with Gasteiger partial charge in [0.2, 0.25) is 0 Å². The molecule has 0 atom stereocenters. The van der Waals surface area contributed by atoms with Gasteiger partial charge in [-0.05, 0) is 31.4 Å². The Morgan fingerprint density at radius 2 is 2.17 bits per heavy atom. The van der Waals surface area contributed by atoms with Gasteiger partial charge in [-0.25, -0.2) is 0 Å². The van der Waals surface area contributed by atoms with Crippen LogP contribution in [0.5, 0.6) is 0 Å². The molecule has 0 aliphatic heterocycles. The maximum absolute atomic E-state index is 5.12. The fourth-order valence-electron chi connectivity index (χ4n) is 0.929. The van der Waals surface area contributed by atoms with Crippen molar-refractivity contribution in [2.45, 2.75) is 13.5 Å². The van der Waals surface area contributed by atoms with Gasteiger partial charge in [0.05, 0.1) is 0 Å². The molecule has 0 saturated carbocycles. The lowest BCUT2D eigenvalue weighted by Gasteiger charge is -1.98. The largest absolute Gasteiger partial charge is 0.289 e. The summed E-state index contributed by atoms with van der Waals surface area (Å²) in [6.45, 7) is 6.44. The van der Waals surface area contributed by atoms with Crippen molar-refractivity contribution in [1.29, 1.82) is 0 Å². The van der Waals surface area contributed by atoms with Crippen molar-refractivity contribution in [3.63, 3.8) is 0 Å². The van der Waals surface area contributed by atoms with E-state index in [-0.39, 0.29) is 0 Å². The van der Waals surface area contributed by atoms with Crippen LogP contribution in [0.1, 0.15) is 6.92 Å². The first kappa shape index (κ1) is 9.41. The molecule has 0 spiro atoms. The van der Waals surface area contributed by atoms with Crippen LogP contribution in [0.25, 0.3) is 0 Å². The van der Waals surface area contributed by atoms with E-state index in [0.717, 1.165) is 5.57 Å². The number of rotatable bonds is 2. The first-order chi connectivity index (χ1) is 5.52. The fraction of sp³-hybridized carbons (Fsp3) is 0.429. The quantitative estimate of drug-likeness (QED) is 0.586. The molecule has 66 valence electrons. The van der Waals surface area contributed by atoms with Crippen molar-refractivity contribution in [2.24, 2.45) is 7.05 Å². The standard InChI is InChI=1S/C7H11N3S2/c1-5(2)4-10-6(11)8-9(3)7(10)12/h1,4H2,2-3H3,(H,8,11). The van der Waals surface area contributed by atoms with Crippen LogP contribution in [0.2, 0.25) is 0 Å². The number of hydrogen-bond acceptors (Lipinski definition) is 2. The summed E-state index contributed by atoms with van der Waals surface area (Å²) in [6, 6.07) is 0. The molecule has 0 radical (unpaired) electrons. The number of aromatic amines is 1. The van der Waals surface area contributed by atoms with Crippen LogP contribution in [-0.4, -0.2) is 14.3 Å². The van der Waals surface area contributed by atoms with Gasteiger partial charge < -0.3 is 0 Å². The Morgan fingerprint density at radius 1 is 1.58 bits per heavy atom. The Bertz CT molecular complexity index is 407. The minimum Gasteiger partial charge on any atom is -0.289 e. The molecular weight excluding hydrogens is 190 g/mol. The Morgan fingerprint density at radius 3 is 2.50 bits per heavy atom. The molecule has 0 saturated heterocycles. The molecule has 1 aromatic heterocycles. The molecule has 0 aliphatic carbocycles. The van der Waals surface area contributed by atoms with Gasteiger partial charge in [0.15, 0.2) is 9.54 Å². The molecule has 1 aromatic rings. The molecule has 12 heavy (non-hydrogen) atoms. The Hall–Kier alpha value is -0.680. The molecule has 0 aliphatic rings. The lowest BCUT2D eigenvalue weighted by molar-refractivity contribution is 0.717. The second kappa shape index (κ2) is 3.37. The molecule has 1 rings (SSSR count). The van der Waals surface area contributed by atoms with Gasteiger partial charge in [0.1, 0.15) is 0 Å². The van der Waals surface area contributed by atoms with Gasteiger partial charge in [-0.1, -0.05) is 12.2 Å². The zero-order chi connectivity index (χ0) is 9.30. The van der Waals surface area contributed by atoms with E-state index < -0.39 is 0 Å². The van der Waals surface area contributed by atoms with Crippen molar-refractivity contribution in [2.75, 3.05) is 0 Å². The summed E-state index contributed by atoms with van der Waals surface area (Å²) in [5, 5.41) is 2.93. The maximum atomic E-state index is 5.12. The number of aryl methyl sites for hydroxylation is 1. The van der Waals surface area contributed by atoms with Crippen LogP contribution < -0.4 is 0 Å². The lowest BCUT2D eigenvalue weighted by Crippen LogP contribution is -1.99. The normalized spacial score (nSPS) is 10.2.